The minimum Gasteiger partial charge on any atom is -0.391 e. The van der Waals surface area contributed by atoms with Crippen LogP contribution in [0.1, 0.15) is 5.56 Å². The molecule has 1 aromatic heterocycles. The van der Waals surface area contributed by atoms with E-state index in [1.165, 1.54) is 12.6 Å². The van der Waals surface area contributed by atoms with Gasteiger partial charge in [0.1, 0.15) is 22.7 Å². The highest BCUT2D eigenvalue weighted by molar-refractivity contribution is 8.01. The van der Waals surface area contributed by atoms with Crippen molar-refractivity contribution in [2.24, 2.45) is 0 Å². The van der Waals surface area contributed by atoms with Gasteiger partial charge in [-0.15, -0.1) is 0 Å². The molecule has 1 aliphatic rings. The lowest BCUT2D eigenvalue weighted by Gasteiger charge is -2.35. The van der Waals surface area contributed by atoms with Crippen LogP contribution in [-0.2, 0) is 16.4 Å². The van der Waals surface area contributed by atoms with E-state index in [1.807, 2.05) is 0 Å². The van der Waals surface area contributed by atoms with Crippen molar-refractivity contribution in [2.45, 2.75) is 12.0 Å². The largest absolute Gasteiger partial charge is 0.391 e. The van der Waals surface area contributed by atoms with Crippen LogP contribution in [0.5, 0.6) is 0 Å². The number of thioether (sulfide) groups is 1. The molecule has 1 atom stereocenters. The lowest BCUT2D eigenvalue weighted by molar-refractivity contribution is 0.281. The normalized spacial score (nSPS) is 20.6. The van der Waals surface area contributed by atoms with Gasteiger partial charge in [0.25, 0.3) is 0 Å². The quantitative estimate of drug-likeness (QED) is 0.813. The first-order valence-electron chi connectivity index (χ1n) is 5.58. The molecule has 9 heteroatoms. The number of nitrogens with zero attached hydrogens (tertiary/aromatic N) is 3. The monoisotopic (exact) mass is 323 g/mol. The van der Waals surface area contributed by atoms with E-state index < -0.39 is 15.2 Å². The molecule has 1 aromatic rings. The van der Waals surface area contributed by atoms with E-state index >= 15 is 0 Å². The molecule has 19 heavy (non-hydrogen) atoms. The van der Waals surface area contributed by atoms with E-state index in [0.717, 1.165) is 5.75 Å². The Bertz CT molecular complexity index is 567. The number of rotatable bonds is 3. The van der Waals surface area contributed by atoms with E-state index in [0.29, 0.717) is 23.7 Å². The van der Waals surface area contributed by atoms with Crippen LogP contribution < -0.4 is 4.90 Å². The van der Waals surface area contributed by atoms with E-state index in [4.69, 9.17) is 11.6 Å². The lowest BCUT2D eigenvalue weighted by atomic mass is 10.3. The SMILES string of the molecule is CS(=O)(=O)C1CSCCN1c1ncnc(Cl)c1CO. The van der Waals surface area contributed by atoms with Crippen molar-refractivity contribution >= 4 is 39.0 Å². The number of aliphatic hydroxyl groups excluding tert-OH is 1. The zero-order valence-electron chi connectivity index (χ0n) is 10.3. The smallest absolute Gasteiger partial charge is 0.169 e. The minimum absolute atomic E-state index is 0.151. The van der Waals surface area contributed by atoms with Crippen molar-refractivity contribution in [3.63, 3.8) is 0 Å². The van der Waals surface area contributed by atoms with Crippen LogP contribution in [0.15, 0.2) is 6.33 Å². The third-order valence-corrected chi connectivity index (χ3v) is 5.85. The summed E-state index contributed by atoms with van der Waals surface area (Å²) in [7, 11) is -3.24. The number of aromatic nitrogens is 2. The highest BCUT2D eigenvalue weighted by Gasteiger charge is 2.33. The predicted octanol–water partition coefficient (Wildman–Crippen LogP) is 0.546. The second-order valence-corrected chi connectivity index (χ2v) is 7.89. The first-order valence-corrected chi connectivity index (χ1v) is 9.07. The maximum absolute atomic E-state index is 11.9. The molecule has 0 aromatic carbocycles. The van der Waals surface area contributed by atoms with Gasteiger partial charge in [-0.2, -0.15) is 11.8 Å². The Balaban J connectivity index is 2.46. The Labute approximate surface area is 121 Å². The Hall–Kier alpha value is -0.570. The average Bonchev–Trinajstić information content (AvgIpc) is 2.37. The Morgan fingerprint density at radius 1 is 1.58 bits per heavy atom. The molecule has 0 saturated carbocycles. The fourth-order valence-corrected chi connectivity index (χ4v) is 4.95. The van der Waals surface area contributed by atoms with Gasteiger partial charge < -0.3 is 10.0 Å². The zero-order chi connectivity index (χ0) is 14.0. The number of anilines is 1. The number of hydrogen-bond acceptors (Lipinski definition) is 7. The molecule has 2 heterocycles. The molecular weight excluding hydrogens is 310 g/mol. The van der Waals surface area contributed by atoms with Crippen molar-refractivity contribution in [3.05, 3.63) is 17.0 Å². The zero-order valence-corrected chi connectivity index (χ0v) is 12.7. The third kappa shape index (κ3) is 3.13. The van der Waals surface area contributed by atoms with Crippen molar-refractivity contribution < 1.29 is 13.5 Å². The van der Waals surface area contributed by atoms with E-state index in [-0.39, 0.29) is 11.8 Å². The molecule has 1 saturated heterocycles. The first-order chi connectivity index (χ1) is 8.95. The minimum atomic E-state index is -3.24. The second-order valence-electron chi connectivity index (χ2n) is 4.18. The molecule has 6 nitrogen and oxygen atoms in total. The molecule has 0 aliphatic carbocycles. The van der Waals surface area contributed by atoms with Gasteiger partial charge in [-0.05, 0) is 0 Å². The summed E-state index contributed by atoms with van der Waals surface area (Å²) in [6, 6.07) is 0. The standard InChI is InChI=1S/C10H14ClN3O3S2/c1-19(16,17)8-5-18-3-2-14(8)10-7(4-15)9(11)12-6-13-10/h6,8,15H,2-5H2,1H3. The second kappa shape index (κ2) is 5.82. The van der Waals surface area contributed by atoms with Gasteiger partial charge >= 0.3 is 0 Å². The van der Waals surface area contributed by atoms with E-state index in [1.54, 1.807) is 16.7 Å². The highest BCUT2D eigenvalue weighted by atomic mass is 35.5. The maximum Gasteiger partial charge on any atom is 0.169 e. The summed E-state index contributed by atoms with van der Waals surface area (Å²) in [5.74, 6) is 1.68. The van der Waals surface area contributed by atoms with Gasteiger partial charge in [0.05, 0.1) is 12.2 Å². The molecule has 0 radical (unpaired) electrons. The van der Waals surface area contributed by atoms with Crippen LogP contribution >= 0.6 is 23.4 Å². The molecular formula is C10H14ClN3O3S2. The summed E-state index contributed by atoms with van der Waals surface area (Å²) >= 11 is 7.50. The lowest BCUT2D eigenvalue weighted by Crippen LogP contribution is -2.47. The van der Waals surface area contributed by atoms with Crippen LogP contribution in [0.25, 0.3) is 0 Å². The third-order valence-electron chi connectivity index (χ3n) is 2.88. The summed E-state index contributed by atoms with van der Waals surface area (Å²) < 4.78 is 23.7. The first kappa shape index (κ1) is 14.8. The van der Waals surface area contributed by atoms with Crippen molar-refractivity contribution in [1.29, 1.82) is 0 Å². The van der Waals surface area contributed by atoms with Crippen LogP contribution in [0.2, 0.25) is 5.15 Å². The molecule has 2 rings (SSSR count). The summed E-state index contributed by atoms with van der Waals surface area (Å²) in [5, 5.41) is 8.87. The van der Waals surface area contributed by atoms with Gasteiger partial charge in [0, 0.05) is 24.3 Å². The molecule has 0 spiro atoms. The van der Waals surface area contributed by atoms with Crippen molar-refractivity contribution in [2.75, 3.05) is 29.2 Å². The average molecular weight is 324 g/mol. The molecule has 1 fully saturated rings. The Morgan fingerprint density at radius 3 is 2.95 bits per heavy atom. The van der Waals surface area contributed by atoms with E-state index in [9.17, 15) is 13.5 Å². The summed E-state index contributed by atoms with van der Waals surface area (Å²) in [4.78, 5) is 9.59. The number of aliphatic hydroxyl groups is 1. The fourth-order valence-electron chi connectivity index (χ4n) is 1.94. The summed E-state index contributed by atoms with van der Waals surface area (Å²) in [6.07, 6.45) is 2.48. The molecule has 1 unspecified atom stereocenters. The van der Waals surface area contributed by atoms with Gasteiger partial charge in [-0.1, -0.05) is 11.6 Å². The molecule has 1 N–H and O–H groups in total. The fraction of sp³-hybridized carbons (Fsp3) is 0.600. The van der Waals surface area contributed by atoms with E-state index in [2.05, 4.69) is 9.97 Å². The van der Waals surface area contributed by atoms with Gasteiger partial charge in [0.2, 0.25) is 0 Å². The number of hydrogen-bond donors (Lipinski definition) is 1. The van der Waals surface area contributed by atoms with Gasteiger partial charge in [-0.3, -0.25) is 0 Å². The number of sulfone groups is 1. The van der Waals surface area contributed by atoms with Gasteiger partial charge in [-0.25, -0.2) is 18.4 Å². The topological polar surface area (TPSA) is 83.4 Å². The predicted molar refractivity (Wildman–Crippen MR) is 76.3 cm³/mol. The molecule has 0 amide bonds. The maximum atomic E-state index is 11.9. The molecule has 106 valence electrons. The van der Waals surface area contributed by atoms with Crippen molar-refractivity contribution in [1.82, 2.24) is 9.97 Å². The van der Waals surface area contributed by atoms with Gasteiger partial charge in [0.15, 0.2) is 9.84 Å². The molecule has 1 aliphatic heterocycles. The Kier molecular flexibility index (Phi) is 4.54. The van der Waals surface area contributed by atoms with Crippen LogP contribution in [0.3, 0.4) is 0 Å². The van der Waals surface area contributed by atoms with Crippen LogP contribution in [-0.4, -0.2) is 53.2 Å². The highest BCUT2D eigenvalue weighted by Crippen LogP contribution is 2.30. The van der Waals surface area contributed by atoms with Crippen LogP contribution in [0.4, 0.5) is 5.82 Å². The summed E-state index contributed by atoms with van der Waals surface area (Å²) in [6.45, 7) is 0.220. The summed E-state index contributed by atoms with van der Waals surface area (Å²) in [5.41, 5.74) is 0.365. The molecule has 0 bridgehead atoms. The Morgan fingerprint density at radius 2 is 2.32 bits per heavy atom. The van der Waals surface area contributed by atoms with Crippen molar-refractivity contribution in [3.8, 4) is 0 Å². The van der Waals surface area contributed by atoms with Crippen LogP contribution in [0, 0.1) is 0 Å². The number of halogens is 1.